The molecule has 3 aromatic rings. The lowest BCUT2D eigenvalue weighted by molar-refractivity contribution is -0.137. The van der Waals surface area contributed by atoms with Gasteiger partial charge in [-0.05, 0) is 48.6 Å². The maximum Gasteiger partial charge on any atom is 0.417 e. The lowest BCUT2D eigenvalue weighted by Crippen LogP contribution is -2.30. The number of benzene rings is 2. The summed E-state index contributed by atoms with van der Waals surface area (Å²) in [7, 11) is 0. The van der Waals surface area contributed by atoms with Crippen molar-refractivity contribution in [3.8, 4) is 11.1 Å². The van der Waals surface area contributed by atoms with Crippen LogP contribution in [0.25, 0.3) is 22.2 Å². The van der Waals surface area contributed by atoms with Gasteiger partial charge in [0, 0.05) is 13.0 Å². The van der Waals surface area contributed by atoms with Crippen LogP contribution < -0.4 is 0 Å². The SMILES string of the molecule is CCCCCCC(=O)N1CCC[C@@H]1c1nc2cc(-c3ccccc3C(F)(F)F)ccc2o1. The number of hydrogen-bond donors (Lipinski definition) is 0. The fraction of sp³-hybridized carbons (Fsp3) is 0.440. The Bertz CT molecular complexity index is 1090. The van der Waals surface area contributed by atoms with Gasteiger partial charge in [0.2, 0.25) is 11.8 Å². The van der Waals surface area contributed by atoms with Crippen molar-refractivity contribution in [2.75, 3.05) is 6.54 Å². The summed E-state index contributed by atoms with van der Waals surface area (Å²) in [6.45, 7) is 2.82. The standard InChI is InChI=1S/C25H27F3N2O2/c1-2-3-4-5-12-23(31)30-15-8-11-21(30)24-29-20-16-17(13-14-22(20)32-24)18-9-6-7-10-19(18)25(26,27)28/h6-7,9-10,13-14,16,21H,2-5,8,11-12,15H2,1H3/t21-/m1/s1. The van der Waals surface area contributed by atoms with Crippen LogP contribution in [-0.4, -0.2) is 22.3 Å². The second kappa shape index (κ2) is 9.35. The number of hydrogen-bond acceptors (Lipinski definition) is 3. The monoisotopic (exact) mass is 444 g/mol. The van der Waals surface area contributed by atoms with E-state index in [-0.39, 0.29) is 17.5 Å². The van der Waals surface area contributed by atoms with E-state index < -0.39 is 11.7 Å². The van der Waals surface area contributed by atoms with Crippen molar-refractivity contribution in [2.45, 2.75) is 64.1 Å². The molecule has 0 saturated carbocycles. The van der Waals surface area contributed by atoms with Gasteiger partial charge in [0.15, 0.2) is 5.58 Å². The van der Waals surface area contributed by atoms with Crippen LogP contribution in [-0.2, 0) is 11.0 Å². The fourth-order valence-electron chi connectivity index (χ4n) is 4.41. The van der Waals surface area contributed by atoms with Crippen LogP contribution >= 0.6 is 0 Å². The average molecular weight is 444 g/mol. The number of halogens is 3. The number of carbonyl (C=O) groups is 1. The van der Waals surface area contributed by atoms with Gasteiger partial charge in [0.1, 0.15) is 11.6 Å². The third-order valence-electron chi connectivity index (χ3n) is 6.05. The lowest BCUT2D eigenvalue weighted by atomic mass is 9.99. The van der Waals surface area contributed by atoms with E-state index in [1.807, 2.05) is 4.90 Å². The van der Waals surface area contributed by atoms with E-state index in [1.165, 1.54) is 12.1 Å². The predicted octanol–water partition coefficient (Wildman–Crippen LogP) is 7.15. The number of oxazole rings is 1. The molecule has 0 bridgehead atoms. The molecule has 0 unspecified atom stereocenters. The van der Waals surface area contributed by atoms with Crippen LogP contribution in [0.3, 0.4) is 0 Å². The molecule has 1 atom stereocenters. The Morgan fingerprint density at radius 2 is 1.97 bits per heavy atom. The van der Waals surface area contributed by atoms with Crippen LogP contribution in [0.5, 0.6) is 0 Å². The number of unbranched alkanes of at least 4 members (excludes halogenated alkanes) is 3. The van der Waals surface area contributed by atoms with Gasteiger partial charge in [-0.3, -0.25) is 4.79 Å². The average Bonchev–Trinajstić information content (AvgIpc) is 3.42. The first kappa shape index (κ1) is 22.4. The molecule has 2 heterocycles. The van der Waals surface area contributed by atoms with E-state index in [4.69, 9.17) is 4.42 Å². The van der Waals surface area contributed by atoms with E-state index in [9.17, 15) is 18.0 Å². The van der Waals surface area contributed by atoms with Crippen molar-refractivity contribution in [3.05, 3.63) is 53.9 Å². The number of rotatable bonds is 7. The number of nitrogens with zero attached hydrogens (tertiary/aromatic N) is 2. The highest BCUT2D eigenvalue weighted by Gasteiger charge is 2.34. The summed E-state index contributed by atoms with van der Waals surface area (Å²) in [4.78, 5) is 19.1. The zero-order chi connectivity index (χ0) is 22.7. The number of likely N-dealkylation sites (tertiary alicyclic amines) is 1. The molecule has 4 nitrogen and oxygen atoms in total. The summed E-state index contributed by atoms with van der Waals surface area (Å²) in [6.07, 6.45) is 1.92. The van der Waals surface area contributed by atoms with Crippen LogP contribution in [0, 0.1) is 0 Å². The second-order valence-electron chi connectivity index (χ2n) is 8.33. The number of fused-ring (bicyclic) bond motifs is 1. The Balaban J connectivity index is 1.58. The Morgan fingerprint density at radius 3 is 2.75 bits per heavy atom. The first-order valence-electron chi connectivity index (χ1n) is 11.2. The first-order valence-corrected chi connectivity index (χ1v) is 11.2. The summed E-state index contributed by atoms with van der Waals surface area (Å²) in [6, 6.07) is 10.2. The van der Waals surface area contributed by atoms with Gasteiger partial charge in [-0.25, -0.2) is 4.98 Å². The minimum absolute atomic E-state index is 0.108. The van der Waals surface area contributed by atoms with Crippen LogP contribution in [0.15, 0.2) is 46.9 Å². The van der Waals surface area contributed by atoms with E-state index >= 15 is 0 Å². The molecule has 1 fully saturated rings. The molecule has 1 aromatic heterocycles. The second-order valence-corrected chi connectivity index (χ2v) is 8.33. The molecule has 170 valence electrons. The van der Waals surface area contributed by atoms with Crippen molar-refractivity contribution in [1.82, 2.24) is 9.88 Å². The highest BCUT2D eigenvalue weighted by Crippen LogP contribution is 2.39. The van der Waals surface area contributed by atoms with Crippen LogP contribution in [0.4, 0.5) is 13.2 Å². The smallest absolute Gasteiger partial charge is 0.417 e. The highest BCUT2D eigenvalue weighted by atomic mass is 19.4. The molecule has 2 aromatic carbocycles. The van der Waals surface area contributed by atoms with Gasteiger partial charge in [-0.1, -0.05) is 50.5 Å². The zero-order valence-corrected chi connectivity index (χ0v) is 18.1. The topological polar surface area (TPSA) is 46.3 Å². The third-order valence-corrected chi connectivity index (χ3v) is 6.05. The Hall–Kier alpha value is -2.83. The maximum absolute atomic E-state index is 13.4. The van der Waals surface area contributed by atoms with Gasteiger partial charge >= 0.3 is 6.18 Å². The van der Waals surface area contributed by atoms with Crippen molar-refractivity contribution in [2.24, 2.45) is 0 Å². The maximum atomic E-state index is 13.4. The van der Waals surface area contributed by atoms with Crippen molar-refractivity contribution in [1.29, 1.82) is 0 Å². The van der Waals surface area contributed by atoms with E-state index in [1.54, 1.807) is 24.3 Å². The largest absolute Gasteiger partial charge is 0.438 e. The zero-order valence-electron chi connectivity index (χ0n) is 18.1. The van der Waals surface area contributed by atoms with Crippen molar-refractivity contribution >= 4 is 17.0 Å². The first-order chi connectivity index (χ1) is 15.4. The van der Waals surface area contributed by atoms with Gasteiger partial charge in [-0.15, -0.1) is 0 Å². The molecule has 0 aliphatic carbocycles. The molecule has 1 saturated heterocycles. The summed E-state index contributed by atoms with van der Waals surface area (Å²) < 4.78 is 46.2. The van der Waals surface area contributed by atoms with Gasteiger partial charge in [0.25, 0.3) is 0 Å². The molecule has 7 heteroatoms. The molecule has 32 heavy (non-hydrogen) atoms. The normalized spacial score (nSPS) is 16.8. The fourth-order valence-corrected chi connectivity index (χ4v) is 4.41. The Kier molecular flexibility index (Phi) is 6.53. The molecule has 0 spiro atoms. The number of amides is 1. The Labute approximate surface area is 185 Å². The van der Waals surface area contributed by atoms with Crippen molar-refractivity contribution in [3.63, 3.8) is 0 Å². The quantitative estimate of drug-likeness (QED) is 0.364. The molecular formula is C25H27F3N2O2. The molecular weight excluding hydrogens is 417 g/mol. The minimum atomic E-state index is -4.44. The number of alkyl halides is 3. The lowest BCUT2D eigenvalue weighted by Gasteiger charge is -2.22. The summed E-state index contributed by atoms with van der Waals surface area (Å²) in [5.74, 6) is 0.575. The number of aromatic nitrogens is 1. The van der Waals surface area contributed by atoms with Gasteiger partial charge < -0.3 is 9.32 Å². The minimum Gasteiger partial charge on any atom is -0.438 e. The molecule has 1 amide bonds. The Morgan fingerprint density at radius 1 is 1.16 bits per heavy atom. The molecule has 4 rings (SSSR count). The van der Waals surface area contributed by atoms with Gasteiger partial charge in [-0.2, -0.15) is 13.2 Å². The molecule has 1 aliphatic heterocycles. The van der Waals surface area contributed by atoms with E-state index in [2.05, 4.69) is 11.9 Å². The van der Waals surface area contributed by atoms with Crippen LogP contribution in [0.2, 0.25) is 0 Å². The van der Waals surface area contributed by atoms with E-state index in [0.29, 0.717) is 35.5 Å². The predicted molar refractivity (Wildman–Crippen MR) is 117 cm³/mol. The molecule has 0 radical (unpaired) electrons. The van der Waals surface area contributed by atoms with E-state index in [0.717, 1.165) is 44.6 Å². The van der Waals surface area contributed by atoms with Crippen molar-refractivity contribution < 1.29 is 22.4 Å². The highest BCUT2D eigenvalue weighted by molar-refractivity contribution is 5.82. The summed E-state index contributed by atoms with van der Waals surface area (Å²) in [5.41, 5.74) is 0.864. The summed E-state index contributed by atoms with van der Waals surface area (Å²) in [5, 5.41) is 0. The third kappa shape index (κ3) is 4.66. The molecule has 0 N–H and O–H groups in total. The van der Waals surface area contributed by atoms with Crippen LogP contribution in [0.1, 0.15) is 69.4 Å². The molecule has 1 aliphatic rings. The van der Waals surface area contributed by atoms with Gasteiger partial charge in [0.05, 0.1) is 5.56 Å². The summed E-state index contributed by atoms with van der Waals surface area (Å²) >= 11 is 0. The number of carbonyl (C=O) groups excluding carboxylic acids is 1.